The van der Waals surface area contributed by atoms with Crippen LogP contribution in [0.4, 0.5) is 26.3 Å². The summed E-state index contributed by atoms with van der Waals surface area (Å²) < 4.78 is 111. The van der Waals surface area contributed by atoms with Crippen LogP contribution in [-0.4, -0.2) is 42.9 Å². The zero-order valence-electron chi connectivity index (χ0n) is 16.8. The molecule has 6 nitrogen and oxygen atoms in total. The van der Waals surface area contributed by atoms with E-state index in [1.807, 2.05) is 0 Å². The number of alkyl halides is 6. The summed E-state index contributed by atoms with van der Waals surface area (Å²) in [6, 6.07) is 3.73. The van der Waals surface area contributed by atoms with Gasteiger partial charge in [-0.05, 0) is 48.2 Å². The molecule has 0 amide bonds. The van der Waals surface area contributed by atoms with Gasteiger partial charge in [0.1, 0.15) is 5.69 Å². The Morgan fingerprint density at radius 3 is 2.18 bits per heavy atom. The predicted octanol–water partition coefficient (Wildman–Crippen LogP) is 4.44. The van der Waals surface area contributed by atoms with E-state index in [2.05, 4.69) is 4.98 Å². The van der Waals surface area contributed by atoms with Gasteiger partial charge in [0.05, 0.1) is 27.7 Å². The lowest BCUT2D eigenvalue weighted by molar-refractivity contribution is -0.145. The Balaban J connectivity index is 2.08. The zero-order valence-corrected chi connectivity index (χ0v) is 17.6. The maximum absolute atomic E-state index is 13.8. The van der Waals surface area contributed by atoms with Crippen molar-refractivity contribution >= 4 is 15.8 Å². The Morgan fingerprint density at radius 1 is 1.03 bits per heavy atom. The van der Waals surface area contributed by atoms with Gasteiger partial charge >= 0.3 is 18.3 Å². The average Bonchev–Trinajstić information content (AvgIpc) is 3.18. The Hall–Kier alpha value is -2.67. The fourth-order valence-electron chi connectivity index (χ4n) is 3.85. The van der Waals surface area contributed by atoms with Crippen LogP contribution in [0, 0.1) is 5.92 Å². The van der Waals surface area contributed by atoms with Gasteiger partial charge in [-0.2, -0.15) is 26.3 Å². The first-order chi connectivity index (χ1) is 15.2. The van der Waals surface area contributed by atoms with E-state index in [-0.39, 0.29) is 17.5 Å². The number of nitrogens with zero attached hydrogens (tertiary/aromatic N) is 1. The van der Waals surface area contributed by atoms with Crippen molar-refractivity contribution in [2.45, 2.75) is 41.4 Å². The third kappa shape index (κ3) is 4.98. The summed E-state index contributed by atoms with van der Waals surface area (Å²) >= 11 is 0. The summed E-state index contributed by atoms with van der Waals surface area (Å²) in [4.78, 5) is 13.4. The average molecular weight is 497 g/mol. The number of hydrogen-bond donors (Lipinski definition) is 1. The lowest BCUT2D eigenvalue weighted by Crippen LogP contribution is -2.24. The molecule has 1 aliphatic carbocycles. The summed E-state index contributed by atoms with van der Waals surface area (Å²) in [5.41, 5.74) is -3.41. The molecule has 0 radical (unpaired) electrons. The molecule has 180 valence electrons. The van der Waals surface area contributed by atoms with Crippen molar-refractivity contribution in [1.82, 2.24) is 4.98 Å². The van der Waals surface area contributed by atoms with Crippen LogP contribution in [0.5, 0.6) is 0 Å². The number of carboxylic acids is 1. The number of rotatable bonds is 5. The van der Waals surface area contributed by atoms with Crippen molar-refractivity contribution in [2.75, 3.05) is 7.11 Å². The largest absolute Gasteiger partial charge is 0.481 e. The van der Waals surface area contributed by atoms with Crippen molar-refractivity contribution in [3.63, 3.8) is 0 Å². The number of hydrogen-bond acceptors (Lipinski definition) is 5. The van der Waals surface area contributed by atoms with Crippen molar-refractivity contribution < 1.29 is 49.4 Å². The van der Waals surface area contributed by atoms with Crippen molar-refractivity contribution in [2.24, 2.45) is 5.92 Å². The van der Waals surface area contributed by atoms with Gasteiger partial charge in [0.2, 0.25) is 0 Å². The van der Waals surface area contributed by atoms with Gasteiger partial charge in [0, 0.05) is 13.3 Å². The van der Waals surface area contributed by atoms with Gasteiger partial charge in [-0.3, -0.25) is 9.78 Å². The maximum atomic E-state index is 13.8. The first-order valence-corrected chi connectivity index (χ1v) is 10.9. The van der Waals surface area contributed by atoms with E-state index in [0.717, 1.165) is 18.3 Å². The molecule has 0 bridgehead atoms. The van der Waals surface area contributed by atoms with Crippen molar-refractivity contribution in [1.29, 1.82) is 0 Å². The van der Waals surface area contributed by atoms with Gasteiger partial charge in [-0.25, -0.2) is 8.42 Å². The van der Waals surface area contributed by atoms with E-state index in [1.54, 1.807) is 0 Å². The molecule has 1 aromatic carbocycles. The van der Waals surface area contributed by atoms with E-state index in [1.165, 1.54) is 7.11 Å². The molecule has 1 aromatic heterocycles. The van der Waals surface area contributed by atoms with E-state index < -0.39 is 68.0 Å². The van der Waals surface area contributed by atoms with Crippen LogP contribution in [0.3, 0.4) is 0 Å². The molecule has 1 saturated carbocycles. The molecular weight excluding hydrogens is 480 g/mol. The van der Waals surface area contributed by atoms with Crippen LogP contribution in [-0.2, 0) is 31.7 Å². The fourth-order valence-corrected chi connectivity index (χ4v) is 5.85. The molecule has 33 heavy (non-hydrogen) atoms. The second-order valence-corrected chi connectivity index (χ2v) is 9.69. The number of sulfone groups is 1. The van der Waals surface area contributed by atoms with Gasteiger partial charge in [0.15, 0.2) is 9.84 Å². The highest BCUT2D eigenvalue weighted by atomic mass is 32.2. The Kier molecular flexibility index (Phi) is 6.50. The van der Waals surface area contributed by atoms with E-state index in [4.69, 9.17) is 4.74 Å². The van der Waals surface area contributed by atoms with Gasteiger partial charge in [-0.1, -0.05) is 6.07 Å². The smallest absolute Gasteiger partial charge is 0.433 e. The molecule has 0 spiro atoms. The summed E-state index contributed by atoms with van der Waals surface area (Å²) in [6.45, 7) is 0. The number of aliphatic carboxylic acids is 1. The lowest BCUT2D eigenvalue weighted by Gasteiger charge is -2.18. The molecule has 0 aliphatic heterocycles. The lowest BCUT2D eigenvalue weighted by atomic mass is 10.0. The molecule has 1 fully saturated rings. The Labute approximate surface area is 184 Å². The minimum absolute atomic E-state index is 0.238. The predicted molar refractivity (Wildman–Crippen MR) is 102 cm³/mol. The number of ether oxygens (including phenoxy) is 1. The van der Waals surface area contributed by atoms with Gasteiger partial charge in [-0.15, -0.1) is 0 Å². The van der Waals surface area contributed by atoms with Crippen LogP contribution in [0.15, 0.2) is 41.4 Å². The van der Waals surface area contributed by atoms with Crippen molar-refractivity contribution in [3.8, 4) is 11.1 Å². The zero-order chi connectivity index (χ0) is 24.8. The molecule has 1 aliphatic rings. The standard InChI is InChI=1S/C20H17F6NO5S/c1-32-15-9-12(8-13(15)18(28)29)33(30,31)16-3-2-10(6-14(16)19(21,22)23)11-4-5-27-17(7-11)20(24,25)26/h2-7,12-13,15H,8-9H2,1H3,(H,28,29)/t12-,13-,15-/m0/s1. The molecular formula is C20H17F6NO5S. The molecule has 13 heteroatoms. The SMILES string of the molecule is CO[C@H]1C[C@@H](S(=O)(=O)c2ccc(-c3ccnc(C(F)(F)F)c3)cc2C(F)(F)F)C[C@@H]1C(=O)O. The number of carboxylic acid groups (broad SMARTS) is 1. The van der Waals surface area contributed by atoms with Gasteiger partial charge < -0.3 is 9.84 Å². The van der Waals surface area contributed by atoms with Crippen molar-refractivity contribution in [3.05, 3.63) is 47.8 Å². The first-order valence-electron chi connectivity index (χ1n) is 9.40. The van der Waals surface area contributed by atoms with E-state index >= 15 is 0 Å². The highest BCUT2D eigenvalue weighted by molar-refractivity contribution is 7.92. The topological polar surface area (TPSA) is 93.6 Å². The minimum atomic E-state index is -5.15. The second-order valence-electron chi connectivity index (χ2n) is 7.49. The number of methoxy groups -OCH3 is 1. The number of aromatic nitrogens is 1. The molecule has 1 N–H and O–H groups in total. The molecule has 3 atom stereocenters. The number of pyridine rings is 1. The molecule has 2 aromatic rings. The van der Waals surface area contributed by atoms with E-state index in [9.17, 15) is 44.7 Å². The summed E-state index contributed by atoms with van der Waals surface area (Å²) in [6.07, 6.45) is -10.9. The Bertz CT molecular complexity index is 1160. The summed E-state index contributed by atoms with van der Waals surface area (Å²) in [5, 5.41) is 7.82. The first kappa shape index (κ1) is 25.0. The fraction of sp³-hybridized carbons (Fsp3) is 0.400. The normalized spacial score (nSPS) is 21.8. The highest BCUT2D eigenvalue weighted by Crippen LogP contribution is 2.42. The van der Waals surface area contributed by atoms with E-state index in [0.29, 0.717) is 18.2 Å². The molecule has 0 saturated heterocycles. The number of carbonyl (C=O) groups is 1. The minimum Gasteiger partial charge on any atom is -0.481 e. The molecule has 3 rings (SSSR count). The van der Waals surface area contributed by atoms with Crippen LogP contribution in [0.25, 0.3) is 11.1 Å². The number of halogens is 6. The molecule has 0 unspecified atom stereocenters. The summed E-state index contributed by atoms with van der Waals surface area (Å²) in [7, 11) is -3.47. The second kappa shape index (κ2) is 8.60. The monoisotopic (exact) mass is 497 g/mol. The van der Waals surface area contributed by atoms with Gasteiger partial charge in [0.25, 0.3) is 0 Å². The third-order valence-electron chi connectivity index (χ3n) is 5.49. The Morgan fingerprint density at radius 2 is 1.67 bits per heavy atom. The van der Waals surface area contributed by atoms with Crippen LogP contribution in [0.1, 0.15) is 24.1 Å². The maximum Gasteiger partial charge on any atom is 0.433 e. The third-order valence-corrected chi connectivity index (χ3v) is 7.73. The van der Waals surface area contributed by atoms with Crippen LogP contribution < -0.4 is 0 Å². The summed E-state index contributed by atoms with van der Waals surface area (Å²) in [5.74, 6) is -2.54. The highest BCUT2D eigenvalue weighted by Gasteiger charge is 2.47. The molecule has 1 heterocycles. The number of benzene rings is 1. The van der Waals surface area contributed by atoms with Crippen LogP contribution in [0.2, 0.25) is 0 Å². The quantitative estimate of drug-likeness (QED) is 0.614. The van der Waals surface area contributed by atoms with Crippen LogP contribution >= 0.6 is 0 Å².